The first kappa shape index (κ1) is 10.2. The van der Waals surface area contributed by atoms with Crippen molar-refractivity contribution in [3.63, 3.8) is 0 Å². The molecule has 0 bridgehead atoms. The molecule has 1 aromatic carbocycles. The highest BCUT2D eigenvalue weighted by Crippen LogP contribution is 2.28. The average Bonchev–Trinajstić information content (AvgIpc) is 2.65. The van der Waals surface area contributed by atoms with Gasteiger partial charge < -0.3 is 5.73 Å². The summed E-state index contributed by atoms with van der Waals surface area (Å²) in [7, 11) is 0. The van der Waals surface area contributed by atoms with E-state index >= 15 is 0 Å². The highest BCUT2D eigenvalue weighted by atomic mass is 32.1. The number of anilines is 1. The minimum atomic E-state index is 0.575. The molecule has 0 amide bonds. The molecule has 0 spiro atoms. The summed E-state index contributed by atoms with van der Waals surface area (Å²) in [5.41, 5.74) is 8.15. The van der Waals surface area contributed by atoms with Crippen LogP contribution in [0, 0.1) is 0 Å². The molecule has 2 rings (SSSR count). The van der Waals surface area contributed by atoms with Crippen molar-refractivity contribution in [3.05, 3.63) is 36.0 Å². The SMILES string of the molecule is CC(C)c1ccc(-c2cnc(N)s2)cc1. The minimum absolute atomic E-state index is 0.575. The fourth-order valence-electron chi connectivity index (χ4n) is 1.45. The van der Waals surface area contributed by atoms with E-state index in [2.05, 4.69) is 43.1 Å². The molecule has 2 N–H and O–H groups in total. The lowest BCUT2D eigenvalue weighted by atomic mass is 10.0. The molecular weight excluding hydrogens is 204 g/mol. The van der Waals surface area contributed by atoms with Gasteiger partial charge in [0.2, 0.25) is 0 Å². The van der Waals surface area contributed by atoms with Gasteiger partial charge in [-0.15, -0.1) is 0 Å². The standard InChI is InChI=1S/C12H14N2S/c1-8(2)9-3-5-10(6-4-9)11-7-14-12(13)15-11/h3-8H,1-2H3,(H2,13,14). The van der Waals surface area contributed by atoms with Crippen LogP contribution in [0.3, 0.4) is 0 Å². The summed E-state index contributed by atoms with van der Waals surface area (Å²) in [4.78, 5) is 5.17. The summed E-state index contributed by atoms with van der Waals surface area (Å²) >= 11 is 1.52. The van der Waals surface area contributed by atoms with Crippen LogP contribution in [0.5, 0.6) is 0 Å². The first-order chi connectivity index (χ1) is 7.16. The lowest BCUT2D eigenvalue weighted by Gasteiger charge is -2.05. The number of aromatic nitrogens is 1. The van der Waals surface area contributed by atoms with E-state index in [9.17, 15) is 0 Å². The fraction of sp³-hybridized carbons (Fsp3) is 0.250. The summed E-state index contributed by atoms with van der Waals surface area (Å²) in [5, 5.41) is 0.623. The quantitative estimate of drug-likeness (QED) is 0.837. The maximum atomic E-state index is 5.60. The van der Waals surface area contributed by atoms with E-state index < -0.39 is 0 Å². The van der Waals surface area contributed by atoms with Gasteiger partial charge >= 0.3 is 0 Å². The maximum absolute atomic E-state index is 5.60. The van der Waals surface area contributed by atoms with Crippen molar-refractivity contribution in [3.8, 4) is 10.4 Å². The molecule has 1 heterocycles. The van der Waals surface area contributed by atoms with Gasteiger partial charge in [-0.2, -0.15) is 0 Å². The molecule has 1 aromatic heterocycles. The predicted octanol–water partition coefficient (Wildman–Crippen LogP) is 3.52. The number of benzene rings is 1. The van der Waals surface area contributed by atoms with Crippen LogP contribution in [-0.2, 0) is 0 Å². The van der Waals surface area contributed by atoms with Gasteiger partial charge in [-0.1, -0.05) is 49.4 Å². The molecule has 0 fully saturated rings. The third-order valence-electron chi connectivity index (χ3n) is 2.39. The van der Waals surface area contributed by atoms with Crippen molar-refractivity contribution in [1.29, 1.82) is 0 Å². The number of nitrogen functional groups attached to an aromatic ring is 1. The van der Waals surface area contributed by atoms with Gasteiger partial charge in [-0.05, 0) is 17.0 Å². The summed E-state index contributed by atoms with van der Waals surface area (Å²) in [5.74, 6) is 0.575. The van der Waals surface area contributed by atoms with Gasteiger partial charge in [-0.25, -0.2) is 4.98 Å². The van der Waals surface area contributed by atoms with Crippen molar-refractivity contribution in [2.24, 2.45) is 0 Å². The van der Waals surface area contributed by atoms with Gasteiger partial charge in [-0.3, -0.25) is 0 Å². The number of thiazole rings is 1. The molecule has 15 heavy (non-hydrogen) atoms. The molecule has 0 saturated carbocycles. The normalized spacial score (nSPS) is 10.9. The van der Waals surface area contributed by atoms with E-state index in [0.29, 0.717) is 11.0 Å². The van der Waals surface area contributed by atoms with Crippen molar-refractivity contribution in [1.82, 2.24) is 4.98 Å². The molecule has 78 valence electrons. The fourth-order valence-corrected chi connectivity index (χ4v) is 2.14. The summed E-state index contributed by atoms with van der Waals surface area (Å²) < 4.78 is 0. The number of rotatable bonds is 2. The predicted molar refractivity (Wildman–Crippen MR) is 66.1 cm³/mol. The van der Waals surface area contributed by atoms with E-state index in [1.54, 1.807) is 0 Å². The summed E-state index contributed by atoms with van der Waals surface area (Å²) in [6.45, 7) is 4.39. The van der Waals surface area contributed by atoms with Crippen molar-refractivity contribution in [2.75, 3.05) is 5.73 Å². The Morgan fingerprint density at radius 2 is 1.87 bits per heavy atom. The smallest absolute Gasteiger partial charge is 0.180 e. The molecule has 3 heteroatoms. The van der Waals surface area contributed by atoms with Crippen LogP contribution in [-0.4, -0.2) is 4.98 Å². The van der Waals surface area contributed by atoms with E-state index in [0.717, 1.165) is 4.88 Å². The molecular formula is C12H14N2S. The zero-order valence-electron chi connectivity index (χ0n) is 8.90. The van der Waals surface area contributed by atoms with Crippen molar-refractivity contribution >= 4 is 16.5 Å². The largest absolute Gasteiger partial charge is 0.375 e. The Kier molecular flexibility index (Phi) is 2.73. The van der Waals surface area contributed by atoms with Crippen molar-refractivity contribution in [2.45, 2.75) is 19.8 Å². The van der Waals surface area contributed by atoms with Crippen LogP contribution >= 0.6 is 11.3 Å². The topological polar surface area (TPSA) is 38.9 Å². The van der Waals surface area contributed by atoms with E-state index in [-0.39, 0.29) is 0 Å². The number of hydrogen-bond acceptors (Lipinski definition) is 3. The Morgan fingerprint density at radius 3 is 2.33 bits per heavy atom. The van der Waals surface area contributed by atoms with Crippen LogP contribution in [0.25, 0.3) is 10.4 Å². The average molecular weight is 218 g/mol. The van der Waals surface area contributed by atoms with Gasteiger partial charge in [0.1, 0.15) is 0 Å². The first-order valence-corrected chi connectivity index (χ1v) is 5.80. The number of hydrogen-bond donors (Lipinski definition) is 1. The summed E-state index contributed by atoms with van der Waals surface area (Å²) in [6, 6.07) is 8.58. The number of nitrogens with two attached hydrogens (primary N) is 1. The molecule has 0 saturated heterocycles. The highest BCUT2D eigenvalue weighted by Gasteiger charge is 2.03. The molecule has 2 nitrogen and oxygen atoms in total. The zero-order chi connectivity index (χ0) is 10.8. The van der Waals surface area contributed by atoms with Gasteiger partial charge in [0.25, 0.3) is 0 Å². The Balaban J connectivity index is 2.31. The van der Waals surface area contributed by atoms with Crippen molar-refractivity contribution < 1.29 is 0 Å². The molecule has 0 aliphatic carbocycles. The van der Waals surface area contributed by atoms with Crippen LogP contribution in [0.2, 0.25) is 0 Å². The molecule has 2 aromatic rings. The highest BCUT2D eigenvalue weighted by molar-refractivity contribution is 7.18. The van der Waals surface area contributed by atoms with Crippen LogP contribution in [0.4, 0.5) is 5.13 Å². The Hall–Kier alpha value is -1.35. The summed E-state index contributed by atoms with van der Waals surface area (Å²) in [6.07, 6.45) is 1.82. The monoisotopic (exact) mass is 218 g/mol. The molecule has 0 atom stereocenters. The number of nitrogens with zero attached hydrogens (tertiary/aromatic N) is 1. The van der Waals surface area contributed by atoms with E-state index in [1.165, 1.54) is 22.5 Å². The minimum Gasteiger partial charge on any atom is -0.375 e. The van der Waals surface area contributed by atoms with Gasteiger partial charge in [0, 0.05) is 6.20 Å². The molecule has 0 aliphatic rings. The maximum Gasteiger partial charge on any atom is 0.180 e. The Labute approximate surface area is 93.8 Å². The Bertz CT molecular complexity index is 443. The van der Waals surface area contributed by atoms with Gasteiger partial charge in [0.15, 0.2) is 5.13 Å². The first-order valence-electron chi connectivity index (χ1n) is 4.98. The van der Waals surface area contributed by atoms with E-state index in [1.807, 2.05) is 6.20 Å². The second-order valence-electron chi connectivity index (χ2n) is 3.84. The van der Waals surface area contributed by atoms with Gasteiger partial charge in [0.05, 0.1) is 4.88 Å². The second kappa shape index (κ2) is 4.03. The third kappa shape index (κ3) is 2.18. The van der Waals surface area contributed by atoms with Crippen LogP contribution in [0.1, 0.15) is 25.3 Å². The van der Waals surface area contributed by atoms with E-state index in [4.69, 9.17) is 5.73 Å². The lowest BCUT2D eigenvalue weighted by molar-refractivity contribution is 0.867. The molecule has 0 aliphatic heterocycles. The lowest BCUT2D eigenvalue weighted by Crippen LogP contribution is -1.85. The van der Waals surface area contributed by atoms with Crippen LogP contribution < -0.4 is 5.73 Å². The third-order valence-corrected chi connectivity index (χ3v) is 3.26. The molecule has 0 unspecified atom stereocenters. The zero-order valence-corrected chi connectivity index (χ0v) is 9.71. The Morgan fingerprint density at radius 1 is 1.20 bits per heavy atom. The molecule has 0 radical (unpaired) electrons. The second-order valence-corrected chi connectivity index (χ2v) is 4.90. The van der Waals surface area contributed by atoms with Crippen LogP contribution in [0.15, 0.2) is 30.5 Å².